The van der Waals surface area contributed by atoms with Crippen molar-refractivity contribution in [2.75, 3.05) is 0 Å². The molecule has 2 nitrogen and oxygen atoms in total. The largest absolute Gasteiger partial charge is 0.289 e. The average molecular weight is 348 g/mol. The maximum Gasteiger partial charge on any atom is 0.195 e. The molecule has 3 rings (SSSR count). The molecule has 0 N–H and O–H groups in total. The molecule has 0 saturated heterocycles. The van der Waals surface area contributed by atoms with Gasteiger partial charge >= 0.3 is 0 Å². The fourth-order valence-electron chi connectivity index (χ4n) is 2.05. The van der Waals surface area contributed by atoms with Crippen LogP contribution in [0.25, 0.3) is 10.9 Å². The van der Waals surface area contributed by atoms with Gasteiger partial charge in [0.25, 0.3) is 0 Å². The van der Waals surface area contributed by atoms with E-state index in [1.54, 1.807) is 6.07 Å². The second-order valence-electron chi connectivity index (χ2n) is 4.47. The van der Waals surface area contributed by atoms with Gasteiger partial charge in [-0.2, -0.15) is 0 Å². The van der Waals surface area contributed by atoms with Crippen molar-refractivity contribution in [3.63, 3.8) is 0 Å². The van der Waals surface area contributed by atoms with Crippen molar-refractivity contribution < 1.29 is 13.6 Å². The van der Waals surface area contributed by atoms with E-state index in [2.05, 4.69) is 20.9 Å². The predicted octanol–water partition coefficient (Wildman–Crippen LogP) is 4.51. The van der Waals surface area contributed by atoms with E-state index in [0.717, 1.165) is 17.0 Å². The number of fused-ring (bicyclic) bond motifs is 1. The first-order valence-corrected chi connectivity index (χ1v) is 6.90. The summed E-state index contributed by atoms with van der Waals surface area (Å²) in [7, 11) is 0. The first-order chi connectivity index (χ1) is 10.1. The van der Waals surface area contributed by atoms with E-state index in [1.807, 2.05) is 24.3 Å². The summed E-state index contributed by atoms with van der Waals surface area (Å²) in [6.45, 7) is 0. The lowest BCUT2D eigenvalue weighted by Gasteiger charge is -2.06. The van der Waals surface area contributed by atoms with Gasteiger partial charge in [0.05, 0.1) is 9.99 Å². The normalized spacial score (nSPS) is 10.8. The quantitative estimate of drug-likeness (QED) is 0.504. The van der Waals surface area contributed by atoms with Crippen LogP contribution < -0.4 is 0 Å². The van der Waals surface area contributed by atoms with Crippen LogP contribution in [0, 0.1) is 11.6 Å². The molecule has 0 radical (unpaired) electrons. The molecule has 0 unspecified atom stereocenters. The minimum absolute atomic E-state index is 0.0611. The number of hydrogen-bond acceptors (Lipinski definition) is 2. The van der Waals surface area contributed by atoms with E-state index < -0.39 is 17.4 Å². The summed E-state index contributed by atoms with van der Waals surface area (Å²) in [4.78, 5) is 16.6. The van der Waals surface area contributed by atoms with E-state index in [0.29, 0.717) is 5.56 Å². The Morgan fingerprint density at radius 2 is 1.86 bits per heavy atom. The van der Waals surface area contributed by atoms with Gasteiger partial charge in [-0.1, -0.05) is 18.2 Å². The van der Waals surface area contributed by atoms with Crippen LogP contribution in [0.4, 0.5) is 8.78 Å². The second kappa shape index (κ2) is 5.33. The van der Waals surface area contributed by atoms with Gasteiger partial charge in [-0.05, 0) is 40.2 Å². The van der Waals surface area contributed by atoms with Crippen LogP contribution in [0.1, 0.15) is 15.9 Å². The average Bonchev–Trinajstić information content (AvgIpc) is 2.52. The van der Waals surface area contributed by atoms with E-state index in [1.165, 1.54) is 12.3 Å². The standard InChI is InChI=1S/C16H8BrF2NO/c17-14-11(5-6-12(18)15(14)19)16(21)10-7-9-3-1-2-4-13(9)20-8-10/h1-8H. The Morgan fingerprint density at radius 3 is 2.67 bits per heavy atom. The molecule has 1 heterocycles. The molecular weight excluding hydrogens is 340 g/mol. The molecule has 0 spiro atoms. The highest BCUT2D eigenvalue weighted by atomic mass is 79.9. The number of aromatic nitrogens is 1. The Labute approximate surface area is 127 Å². The highest BCUT2D eigenvalue weighted by molar-refractivity contribution is 9.10. The number of halogens is 3. The van der Waals surface area contributed by atoms with Gasteiger partial charge in [0, 0.05) is 22.7 Å². The van der Waals surface area contributed by atoms with Crippen molar-refractivity contribution in [3.8, 4) is 0 Å². The Morgan fingerprint density at radius 1 is 1.10 bits per heavy atom. The molecule has 0 amide bonds. The molecule has 2 aromatic carbocycles. The molecule has 0 aliphatic carbocycles. The van der Waals surface area contributed by atoms with Crippen LogP contribution in [0.15, 0.2) is 53.1 Å². The van der Waals surface area contributed by atoms with Crippen molar-refractivity contribution in [2.45, 2.75) is 0 Å². The Balaban J connectivity index is 2.10. The minimum Gasteiger partial charge on any atom is -0.289 e. The monoisotopic (exact) mass is 347 g/mol. The number of carbonyl (C=O) groups excluding carboxylic acids is 1. The fraction of sp³-hybridized carbons (Fsp3) is 0. The van der Waals surface area contributed by atoms with Crippen LogP contribution in [-0.4, -0.2) is 10.8 Å². The highest BCUT2D eigenvalue weighted by Crippen LogP contribution is 2.26. The molecule has 0 aliphatic heterocycles. The summed E-state index contributed by atoms with van der Waals surface area (Å²) < 4.78 is 26.5. The number of pyridine rings is 1. The zero-order valence-corrected chi connectivity index (χ0v) is 12.2. The fourth-order valence-corrected chi connectivity index (χ4v) is 2.55. The zero-order valence-electron chi connectivity index (χ0n) is 10.6. The summed E-state index contributed by atoms with van der Waals surface area (Å²) >= 11 is 2.92. The third-order valence-corrected chi connectivity index (χ3v) is 3.91. The van der Waals surface area contributed by atoms with Gasteiger partial charge in [-0.15, -0.1) is 0 Å². The van der Waals surface area contributed by atoms with Crippen LogP contribution in [-0.2, 0) is 0 Å². The Hall–Kier alpha value is -2.14. The maximum absolute atomic E-state index is 13.5. The summed E-state index contributed by atoms with van der Waals surface area (Å²) in [6.07, 6.45) is 1.43. The molecule has 1 aromatic heterocycles. The van der Waals surface area contributed by atoms with E-state index in [-0.39, 0.29) is 10.0 Å². The molecule has 104 valence electrons. The maximum atomic E-state index is 13.5. The molecule has 0 bridgehead atoms. The number of nitrogens with zero attached hydrogens (tertiary/aromatic N) is 1. The third-order valence-electron chi connectivity index (χ3n) is 3.13. The number of ketones is 1. The highest BCUT2D eigenvalue weighted by Gasteiger charge is 2.18. The molecule has 5 heteroatoms. The number of carbonyl (C=O) groups is 1. The van der Waals surface area contributed by atoms with Gasteiger partial charge in [0.2, 0.25) is 0 Å². The smallest absolute Gasteiger partial charge is 0.195 e. The van der Waals surface area contributed by atoms with Crippen molar-refractivity contribution >= 4 is 32.6 Å². The van der Waals surface area contributed by atoms with Gasteiger partial charge in [0.1, 0.15) is 0 Å². The van der Waals surface area contributed by atoms with Crippen LogP contribution in [0.2, 0.25) is 0 Å². The van der Waals surface area contributed by atoms with Gasteiger partial charge in [-0.3, -0.25) is 9.78 Å². The molecule has 21 heavy (non-hydrogen) atoms. The Bertz CT molecular complexity index is 864. The van der Waals surface area contributed by atoms with Gasteiger partial charge < -0.3 is 0 Å². The number of para-hydroxylation sites is 1. The van der Waals surface area contributed by atoms with Crippen LogP contribution in [0.3, 0.4) is 0 Å². The van der Waals surface area contributed by atoms with Crippen molar-refractivity contribution in [3.05, 3.63) is 75.9 Å². The lowest BCUT2D eigenvalue weighted by atomic mass is 10.0. The van der Waals surface area contributed by atoms with Crippen molar-refractivity contribution in [2.24, 2.45) is 0 Å². The van der Waals surface area contributed by atoms with Crippen LogP contribution >= 0.6 is 15.9 Å². The van der Waals surface area contributed by atoms with E-state index in [9.17, 15) is 13.6 Å². The van der Waals surface area contributed by atoms with Crippen LogP contribution in [0.5, 0.6) is 0 Å². The van der Waals surface area contributed by atoms with Gasteiger partial charge in [0.15, 0.2) is 17.4 Å². The second-order valence-corrected chi connectivity index (χ2v) is 5.26. The lowest BCUT2D eigenvalue weighted by molar-refractivity contribution is 0.103. The number of hydrogen-bond donors (Lipinski definition) is 0. The summed E-state index contributed by atoms with van der Waals surface area (Å²) in [6, 6.07) is 11.2. The summed E-state index contributed by atoms with van der Waals surface area (Å²) in [5, 5.41) is 0.807. The molecule has 0 aliphatic rings. The predicted molar refractivity (Wildman–Crippen MR) is 79.2 cm³/mol. The molecular formula is C16H8BrF2NO. The topological polar surface area (TPSA) is 30.0 Å². The van der Waals surface area contributed by atoms with E-state index in [4.69, 9.17) is 0 Å². The minimum atomic E-state index is -1.07. The summed E-state index contributed by atoms with van der Waals surface area (Å²) in [5.41, 5.74) is 1.14. The van der Waals surface area contributed by atoms with Gasteiger partial charge in [-0.25, -0.2) is 8.78 Å². The first-order valence-electron chi connectivity index (χ1n) is 6.11. The summed E-state index contributed by atoms with van der Waals surface area (Å²) in [5.74, 6) is -2.50. The lowest BCUT2D eigenvalue weighted by Crippen LogP contribution is -2.05. The number of rotatable bonds is 2. The number of benzene rings is 2. The van der Waals surface area contributed by atoms with Crippen molar-refractivity contribution in [1.82, 2.24) is 4.98 Å². The molecule has 3 aromatic rings. The molecule has 0 atom stereocenters. The first kappa shape index (κ1) is 13.8. The van der Waals surface area contributed by atoms with E-state index >= 15 is 0 Å². The SMILES string of the molecule is O=C(c1cnc2ccccc2c1)c1ccc(F)c(F)c1Br. The Kier molecular flexibility index (Phi) is 3.51. The molecule has 0 saturated carbocycles. The third kappa shape index (κ3) is 2.45. The molecule has 0 fully saturated rings. The van der Waals surface area contributed by atoms with Crippen molar-refractivity contribution in [1.29, 1.82) is 0 Å². The zero-order chi connectivity index (χ0) is 15.0.